The van der Waals surface area contributed by atoms with E-state index in [4.69, 9.17) is 4.74 Å². The molecule has 4 nitrogen and oxygen atoms in total. The number of ether oxygens (including phenoxy) is 1. The van der Waals surface area contributed by atoms with Gasteiger partial charge in [-0.1, -0.05) is 66.7 Å². The first-order valence-electron chi connectivity index (χ1n) is 9.45. The highest BCUT2D eigenvalue weighted by atomic mass is 16.5. The van der Waals surface area contributed by atoms with Crippen molar-refractivity contribution >= 4 is 16.7 Å². The highest BCUT2D eigenvalue weighted by molar-refractivity contribution is 6.07. The summed E-state index contributed by atoms with van der Waals surface area (Å²) < 4.78 is 5.50. The Kier molecular flexibility index (Phi) is 5.47. The summed E-state index contributed by atoms with van der Waals surface area (Å²) in [4.78, 5) is 15.3. The fourth-order valence-corrected chi connectivity index (χ4v) is 3.73. The lowest BCUT2D eigenvalue weighted by Gasteiger charge is -2.35. The van der Waals surface area contributed by atoms with Crippen LogP contribution in [-0.4, -0.2) is 43.7 Å². The summed E-state index contributed by atoms with van der Waals surface area (Å²) in [6, 6.07) is 24.4. The van der Waals surface area contributed by atoms with Crippen LogP contribution in [0.3, 0.4) is 0 Å². The zero-order valence-corrected chi connectivity index (χ0v) is 15.3. The molecule has 1 heterocycles. The third-order valence-corrected chi connectivity index (χ3v) is 5.16. The van der Waals surface area contributed by atoms with Gasteiger partial charge in [-0.2, -0.15) is 0 Å². The molecule has 4 heteroatoms. The van der Waals surface area contributed by atoms with Crippen LogP contribution in [0.25, 0.3) is 10.8 Å². The van der Waals surface area contributed by atoms with E-state index in [0.29, 0.717) is 6.54 Å². The number of morpholine rings is 1. The van der Waals surface area contributed by atoms with E-state index in [1.54, 1.807) is 0 Å². The maximum absolute atomic E-state index is 12.9. The zero-order valence-electron chi connectivity index (χ0n) is 15.3. The number of rotatable bonds is 5. The van der Waals surface area contributed by atoms with Crippen molar-refractivity contribution in [1.29, 1.82) is 0 Å². The van der Waals surface area contributed by atoms with Gasteiger partial charge in [0.15, 0.2) is 0 Å². The van der Waals surface area contributed by atoms with Gasteiger partial charge >= 0.3 is 0 Å². The minimum Gasteiger partial charge on any atom is -0.379 e. The number of nitrogens with zero attached hydrogens (tertiary/aromatic N) is 1. The molecule has 1 aliphatic heterocycles. The fourth-order valence-electron chi connectivity index (χ4n) is 3.73. The first kappa shape index (κ1) is 17.7. The molecule has 1 amide bonds. The summed E-state index contributed by atoms with van der Waals surface area (Å²) in [5.74, 6) is -0.0269. The number of hydrogen-bond donors (Lipinski definition) is 1. The lowest BCUT2D eigenvalue weighted by atomic mass is 10.0. The van der Waals surface area contributed by atoms with E-state index in [1.165, 1.54) is 5.56 Å². The lowest BCUT2D eigenvalue weighted by Crippen LogP contribution is -2.43. The summed E-state index contributed by atoms with van der Waals surface area (Å²) in [6.07, 6.45) is 0. The predicted molar refractivity (Wildman–Crippen MR) is 108 cm³/mol. The summed E-state index contributed by atoms with van der Waals surface area (Å²) in [6.45, 7) is 3.81. The van der Waals surface area contributed by atoms with Crippen molar-refractivity contribution < 1.29 is 9.53 Å². The Hall–Kier alpha value is -2.69. The number of hydrogen-bond acceptors (Lipinski definition) is 3. The number of nitrogens with one attached hydrogen (secondary N) is 1. The quantitative estimate of drug-likeness (QED) is 0.755. The van der Waals surface area contributed by atoms with Crippen molar-refractivity contribution in [1.82, 2.24) is 10.2 Å². The third kappa shape index (κ3) is 4.02. The van der Waals surface area contributed by atoms with E-state index in [2.05, 4.69) is 34.5 Å². The standard InChI is InChI=1S/C23H24N2O2/c26-23(21-12-6-10-18-7-4-5-11-20(18)21)24-17-22(19-8-2-1-3-9-19)25-13-15-27-16-14-25/h1-12,22H,13-17H2,(H,24,26). The molecular weight excluding hydrogens is 336 g/mol. The molecule has 1 saturated heterocycles. The van der Waals surface area contributed by atoms with E-state index in [1.807, 2.05) is 48.5 Å². The van der Waals surface area contributed by atoms with E-state index in [9.17, 15) is 4.79 Å². The third-order valence-electron chi connectivity index (χ3n) is 5.16. The Bertz CT molecular complexity index is 899. The predicted octanol–water partition coefficient (Wildman–Crippen LogP) is 3.64. The SMILES string of the molecule is O=C(NCC(c1ccccc1)N1CCOCC1)c1cccc2ccccc12. The van der Waals surface area contributed by atoms with Gasteiger partial charge in [-0.15, -0.1) is 0 Å². The van der Waals surface area contributed by atoms with Crippen molar-refractivity contribution in [3.05, 3.63) is 83.9 Å². The molecule has 1 unspecified atom stereocenters. The molecule has 1 fully saturated rings. The van der Waals surface area contributed by atoms with Crippen LogP contribution >= 0.6 is 0 Å². The van der Waals surface area contributed by atoms with Crippen molar-refractivity contribution in [2.75, 3.05) is 32.8 Å². The monoisotopic (exact) mass is 360 g/mol. The molecular formula is C23H24N2O2. The molecule has 1 atom stereocenters. The number of fused-ring (bicyclic) bond motifs is 1. The molecule has 0 aromatic heterocycles. The summed E-state index contributed by atoms with van der Waals surface area (Å²) in [7, 11) is 0. The molecule has 0 bridgehead atoms. The average Bonchev–Trinajstić information content (AvgIpc) is 2.75. The Balaban J connectivity index is 1.54. The van der Waals surface area contributed by atoms with E-state index in [0.717, 1.165) is 42.6 Å². The molecule has 0 radical (unpaired) electrons. The molecule has 0 spiro atoms. The van der Waals surface area contributed by atoms with Gasteiger partial charge in [-0.25, -0.2) is 0 Å². The van der Waals surface area contributed by atoms with Crippen molar-refractivity contribution in [3.63, 3.8) is 0 Å². The van der Waals surface area contributed by atoms with E-state index < -0.39 is 0 Å². The van der Waals surface area contributed by atoms with E-state index in [-0.39, 0.29) is 11.9 Å². The Labute approximate surface area is 159 Å². The number of amides is 1. The van der Waals surface area contributed by atoms with Crippen LogP contribution in [0.4, 0.5) is 0 Å². The maximum atomic E-state index is 12.9. The van der Waals surface area contributed by atoms with Crippen molar-refractivity contribution in [3.8, 4) is 0 Å². The normalized spacial score (nSPS) is 16.1. The number of carbonyl (C=O) groups is 1. The first-order chi connectivity index (χ1) is 13.3. The van der Waals surface area contributed by atoms with Gasteiger partial charge in [0.25, 0.3) is 5.91 Å². The minimum absolute atomic E-state index is 0.0269. The first-order valence-corrected chi connectivity index (χ1v) is 9.45. The molecule has 0 saturated carbocycles. The van der Waals surface area contributed by atoms with Crippen LogP contribution in [0.5, 0.6) is 0 Å². The van der Waals surface area contributed by atoms with Crippen LogP contribution in [0.2, 0.25) is 0 Å². The molecule has 3 aromatic carbocycles. The maximum Gasteiger partial charge on any atom is 0.251 e. The smallest absolute Gasteiger partial charge is 0.251 e. The van der Waals surface area contributed by atoms with Gasteiger partial charge in [0.05, 0.1) is 19.3 Å². The fraction of sp³-hybridized carbons (Fsp3) is 0.261. The molecule has 1 N–H and O–H groups in total. The second-order valence-electron chi connectivity index (χ2n) is 6.81. The van der Waals surface area contributed by atoms with Crippen LogP contribution in [0, 0.1) is 0 Å². The van der Waals surface area contributed by atoms with Crippen LogP contribution in [0.15, 0.2) is 72.8 Å². The second kappa shape index (κ2) is 8.33. The zero-order chi connectivity index (χ0) is 18.5. The second-order valence-corrected chi connectivity index (χ2v) is 6.81. The molecule has 3 aromatic rings. The summed E-state index contributed by atoms with van der Waals surface area (Å²) in [5.41, 5.74) is 1.94. The van der Waals surface area contributed by atoms with Crippen LogP contribution < -0.4 is 5.32 Å². The molecule has 0 aliphatic carbocycles. The lowest BCUT2D eigenvalue weighted by molar-refractivity contribution is 0.0162. The average molecular weight is 360 g/mol. The van der Waals surface area contributed by atoms with E-state index >= 15 is 0 Å². The Morgan fingerprint density at radius 2 is 1.63 bits per heavy atom. The molecule has 27 heavy (non-hydrogen) atoms. The highest BCUT2D eigenvalue weighted by Crippen LogP contribution is 2.22. The van der Waals surface area contributed by atoms with Crippen molar-refractivity contribution in [2.45, 2.75) is 6.04 Å². The highest BCUT2D eigenvalue weighted by Gasteiger charge is 2.23. The minimum atomic E-state index is -0.0269. The summed E-state index contributed by atoms with van der Waals surface area (Å²) in [5, 5.41) is 5.23. The molecule has 138 valence electrons. The van der Waals surface area contributed by atoms with Gasteiger partial charge in [0.1, 0.15) is 0 Å². The Morgan fingerprint density at radius 1 is 0.926 bits per heavy atom. The number of benzene rings is 3. The van der Waals surface area contributed by atoms with Gasteiger partial charge in [0.2, 0.25) is 0 Å². The van der Waals surface area contributed by atoms with Gasteiger partial charge in [-0.3, -0.25) is 9.69 Å². The van der Waals surface area contributed by atoms with Crippen LogP contribution in [-0.2, 0) is 4.74 Å². The largest absolute Gasteiger partial charge is 0.379 e. The Morgan fingerprint density at radius 3 is 2.44 bits per heavy atom. The van der Waals surface area contributed by atoms with Gasteiger partial charge in [0, 0.05) is 25.2 Å². The van der Waals surface area contributed by atoms with Gasteiger partial charge < -0.3 is 10.1 Å². The van der Waals surface area contributed by atoms with Crippen LogP contribution in [0.1, 0.15) is 22.0 Å². The summed E-state index contributed by atoms with van der Waals surface area (Å²) >= 11 is 0. The topological polar surface area (TPSA) is 41.6 Å². The number of carbonyl (C=O) groups excluding carboxylic acids is 1. The molecule has 1 aliphatic rings. The molecule has 4 rings (SSSR count). The van der Waals surface area contributed by atoms with Gasteiger partial charge in [-0.05, 0) is 22.4 Å². The van der Waals surface area contributed by atoms with Crippen molar-refractivity contribution in [2.24, 2.45) is 0 Å².